The van der Waals surface area contributed by atoms with E-state index in [-0.39, 0.29) is 17.3 Å². The first-order valence-electron chi connectivity index (χ1n) is 5.32. The van der Waals surface area contributed by atoms with E-state index in [2.05, 4.69) is 5.32 Å². The molecule has 0 fully saturated rings. The highest BCUT2D eigenvalue weighted by atomic mass is 19.1. The molecule has 0 amide bonds. The lowest BCUT2D eigenvalue weighted by atomic mass is 10.1. The Morgan fingerprint density at radius 2 is 2.06 bits per heavy atom. The summed E-state index contributed by atoms with van der Waals surface area (Å²) >= 11 is 0. The normalized spacial score (nSPS) is 15.1. The van der Waals surface area contributed by atoms with Gasteiger partial charge in [0.15, 0.2) is 0 Å². The molecule has 0 saturated carbocycles. The minimum absolute atomic E-state index is 0.151. The Morgan fingerprint density at radius 3 is 2.65 bits per heavy atom. The molecule has 1 aliphatic carbocycles. The Labute approximate surface area is 97.9 Å². The van der Waals surface area contributed by atoms with Crippen LogP contribution in [0.2, 0.25) is 0 Å². The van der Waals surface area contributed by atoms with Gasteiger partial charge in [0.2, 0.25) is 0 Å². The fraction of sp³-hybridized carbons (Fsp3) is 0.250. The summed E-state index contributed by atoms with van der Waals surface area (Å²) in [5.41, 5.74) is 5.29. The summed E-state index contributed by atoms with van der Waals surface area (Å²) in [7, 11) is 0. The minimum Gasteiger partial charge on any atom is -0.478 e. The Hall–Kier alpha value is -2.04. The molecule has 2 rings (SSSR count). The van der Waals surface area contributed by atoms with Crippen molar-refractivity contribution in [3.8, 4) is 0 Å². The molecule has 0 unspecified atom stereocenters. The van der Waals surface area contributed by atoms with Gasteiger partial charge in [-0.3, -0.25) is 0 Å². The van der Waals surface area contributed by atoms with Crippen LogP contribution >= 0.6 is 0 Å². The molecule has 0 aromatic heterocycles. The summed E-state index contributed by atoms with van der Waals surface area (Å²) in [6, 6.07) is 2.73. The summed E-state index contributed by atoms with van der Waals surface area (Å²) in [5.74, 6) is -1.94. The number of carboxylic acids is 1. The first-order valence-corrected chi connectivity index (χ1v) is 5.32. The van der Waals surface area contributed by atoms with E-state index in [0.717, 1.165) is 12.8 Å². The molecule has 90 valence electrons. The largest absolute Gasteiger partial charge is 0.478 e. The van der Waals surface area contributed by atoms with Crippen molar-refractivity contribution in [3.05, 3.63) is 35.7 Å². The number of carbonyl (C=O) groups is 1. The zero-order chi connectivity index (χ0) is 12.4. The van der Waals surface area contributed by atoms with Crippen LogP contribution in [0.25, 0.3) is 0 Å². The standard InChI is InChI=1S/C12H13FN2O2/c13-8-5-6-9(10(11(8)14)12(16)17)15-7-3-1-2-4-7/h1-2,5-7,15H,3-4,14H2,(H,16,17). The van der Waals surface area contributed by atoms with E-state index in [0.29, 0.717) is 5.69 Å². The van der Waals surface area contributed by atoms with E-state index in [1.807, 2.05) is 12.2 Å². The number of anilines is 2. The monoisotopic (exact) mass is 236 g/mol. The van der Waals surface area contributed by atoms with Crippen LogP contribution in [-0.4, -0.2) is 17.1 Å². The van der Waals surface area contributed by atoms with Gasteiger partial charge in [-0.1, -0.05) is 12.2 Å². The number of nitrogen functional groups attached to an aromatic ring is 1. The molecule has 4 nitrogen and oxygen atoms in total. The zero-order valence-corrected chi connectivity index (χ0v) is 9.11. The van der Waals surface area contributed by atoms with Crippen LogP contribution in [0.15, 0.2) is 24.3 Å². The summed E-state index contributed by atoms with van der Waals surface area (Å²) in [6.45, 7) is 0. The van der Waals surface area contributed by atoms with Gasteiger partial charge in [-0.2, -0.15) is 0 Å². The molecule has 0 aliphatic heterocycles. The molecule has 1 aromatic carbocycles. The van der Waals surface area contributed by atoms with Crippen molar-refractivity contribution in [1.29, 1.82) is 0 Å². The summed E-state index contributed by atoms with van der Waals surface area (Å²) in [5, 5.41) is 12.1. The Bertz CT molecular complexity index is 478. The number of carboxylic acid groups (broad SMARTS) is 1. The summed E-state index contributed by atoms with van der Waals surface area (Å²) in [6.07, 6.45) is 5.70. The van der Waals surface area contributed by atoms with Gasteiger partial charge in [0.25, 0.3) is 0 Å². The van der Waals surface area contributed by atoms with Crippen molar-refractivity contribution in [2.24, 2.45) is 0 Å². The lowest BCUT2D eigenvalue weighted by molar-refractivity contribution is 0.0698. The van der Waals surface area contributed by atoms with E-state index in [9.17, 15) is 9.18 Å². The number of rotatable bonds is 3. The average Bonchev–Trinajstić information content (AvgIpc) is 2.76. The number of benzene rings is 1. The van der Waals surface area contributed by atoms with Crippen LogP contribution < -0.4 is 11.1 Å². The Balaban J connectivity index is 2.32. The van der Waals surface area contributed by atoms with Gasteiger partial charge in [-0.05, 0) is 25.0 Å². The number of nitrogens with two attached hydrogens (primary N) is 1. The van der Waals surface area contributed by atoms with Crippen molar-refractivity contribution in [2.45, 2.75) is 18.9 Å². The van der Waals surface area contributed by atoms with Crippen molar-refractivity contribution < 1.29 is 14.3 Å². The van der Waals surface area contributed by atoms with E-state index in [1.54, 1.807) is 0 Å². The Morgan fingerprint density at radius 1 is 1.41 bits per heavy atom. The van der Waals surface area contributed by atoms with Gasteiger partial charge in [0.1, 0.15) is 11.4 Å². The topological polar surface area (TPSA) is 75.3 Å². The van der Waals surface area contributed by atoms with Crippen LogP contribution in [0.1, 0.15) is 23.2 Å². The van der Waals surface area contributed by atoms with Crippen LogP contribution in [-0.2, 0) is 0 Å². The van der Waals surface area contributed by atoms with Crippen LogP contribution in [0.4, 0.5) is 15.8 Å². The molecule has 0 radical (unpaired) electrons. The van der Waals surface area contributed by atoms with Gasteiger partial charge in [0, 0.05) is 6.04 Å². The van der Waals surface area contributed by atoms with E-state index in [4.69, 9.17) is 10.8 Å². The van der Waals surface area contributed by atoms with Crippen LogP contribution in [0.5, 0.6) is 0 Å². The molecule has 5 heteroatoms. The molecule has 1 aliphatic rings. The van der Waals surface area contributed by atoms with Gasteiger partial charge < -0.3 is 16.2 Å². The highest BCUT2D eigenvalue weighted by Crippen LogP contribution is 2.27. The third-order valence-electron chi connectivity index (χ3n) is 2.77. The van der Waals surface area contributed by atoms with Gasteiger partial charge in [-0.25, -0.2) is 9.18 Å². The smallest absolute Gasteiger partial charge is 0.340 e. The molecule has 0 heterocycles. The summed E-state index contributed by atoms with van der Waals surface area (Å²) < 4.78 is 13.2. The van der Waals surface area contributed by atoms with E-state index in [1.165, 1.54) is 12.1 Å². The molecule has 0 bridgehead atoms. The van der Waals surface area contributed by atoms with Gasteiger partial charge >= 0.3 is 5.97 Å². The van der Waals surface area contributed by atoms with Crippen molar-refractivity contribution in [1.82, 2.24) is 0 Å². The van der Waals surface area contributed by atoms with Crippen molar-refractivity contribution in [3.63, 3.8) is 0 Å². The molecule has 4 N–H and O–H groups in total. The van der Waals surface area contributed by atoms with Gasteiger partial charge in [0.05, 0.1) is 11.4 Å². The van der Waals surface area contributed by atoms with Crippen LogP contribution in [0.3, 0.4) is 0 Å². The third-order valence-corrected chi connectivity index (χ3v) is 2.77. The molecule has 0 saturated heterocycles. The zero-order valence-electron chi connectivity index (χ0n) is 9.11. The molecule has 17 heavy (non-hydrogen) atoms. The van der Waals surface area contributed by atoms with Gasteiger partial charge in [-0.15, -0.1) is 0 Å². The first-order chi connectivity index (χ1) is 8.09. The predicted octanol–water partition coefficient (Wildman–Crippen LogP) is 2.24. The van der Waals surface area contributed by atoms with E-state index < -0.39 is 11.8 Å². The maximum Gasteiger partial charge on any atom is 0.340 e. The average molecular weight is 236 g/mol. The third kappa shape index (κ3) is 2.22. The minimum atomic E-state index is -1.23. The number of hydrogen-bond donors (Lipinski definition) is 3. The fourth-order valence-corrected chi connectivity index (χ4v) is 1.90. The quantitative estimate of drug-likeness (QED) is 0.555. The second kappa shape index (κ2) is 4.45. The lowest BCUT2D eigenvalue weighted by Gasteiger charge is -2.16. The number of halogens is 1. The Kier molecular flexibility index (Phi) is 2.99. The first kappa shape index (κ1) is 11.4. The van der Waals surface area contributed by atoms with E-state index >= 15 is 0 Å². The molecular formula is C12H13FN2O2. The number of aromatic carboxylic acids is 1. The SMILES string of the molecule is Nc1c(F)ccc(NC2CC=CC2)c1C(=O)O. The fourth-order valence-electron chi connectivity index (χ4n) is 1.90. The molecule has 1 aromatic rings. The number of nitrogens with one attached hydrogen (secondary N) is 1. The van der Waals surface area contributed by atoms with Crippen molar-refractivity contribution >= 4 is 17.3 Å². The summed E-state index contributed by atoms with van der Waals surface area (Å²) in [4.78, 5) is 11.1. The van der Waals surface area contributed by atoms with Crippen LogP contribution in [0, 0.1) is 5.82 Å². The predicted molar refractivity (Wildman–Crippen MR) is 63.6 cm³/mol. The molecule has 0 spiro atoms. The maximum absolute atomic E-state index is 13.2. The second-order valence-electron chi connectivity index (χ2n) is 3.97. The highest BCUT2D eigenvalue weighted by Gasteiger charge is 2.19. The second-order valence-corrected chi connectivity index (χ2v) is 3.97. The highest BCUT2D eigenvalue weighted by molar-refractivity contribution is 6.00. The van der Waals surface area contributed by atoms with Crippen molar-refractivity contribution in [2.75, 3.05) is 11.1 Å². The molecule has 0 atom stereocenters. The molecular weight excluding hydrogens is 223 g/mol. The lowest BCUT2D eigenvalue weighted by Crippen LogP contribution is -2.18. The maximum atomic E-state index is 13.2. The number of hydrogen-bond acceptors (Lipinski definition) is 3.